The van der Waals surface area contributed by atoms with Crippen molar-refractivity contribution in [3.8, 4) is 17.0 Å². The van der Waals surface area contributed by atoms with Crippen LogP contribution in [0.1, 0.15) is 50.0 Å². The average molecular weight is 579 g/mol. The van der Waals surface area contributed by atoms with Crippen LogP contribution in [0.15, 0.2) is 30.5 Å². The van der Waals surface area contributed by atoms with Crippen LogP contribution in [-0.2, 0) is 16.1 Å². The predicted molar refractivity (Wildman–Crippen MR) is 163 cm³/mol. The molecule has 2 heterocycles. The minimum atomic E-state index is -2.01. The average Bonchev–Trinajstić information content (AvgIpc) is 3.71. The van der Waals surface area contributed by atoms with Crippen molar-refractivity contribution in [1.82, 2.24) is 35.8 Å². The van der Waals surface area contributed by atoms with Gasteiger partial charge in [-0.1, -0.05) is 38.0 Å². The monoisotopic (exact) mass is 579 g/mol. The van der Waals surface area contributed by atoms with Crippen molar-refractivity contribution in [1.29, 1.82) is 0 Å². The van der Waals surface area contributed by atoms with Crippen LogP contribution in [0.3, 0.4) is 0 Å². The van der Waals surface area contributed by atoms with Crippen LogP contribution in [0.4, 0.5) is 17.2 Å². The number of carbonyl (C=O) groups excluding carboxylic acids is 3. The van der Waals surface area contributed by atoms with Gasteiger partial charge in [-0.25, -0.2) is 0 Å². The maximum Gasteiger partial charge on any atom is 0.272 e. The number of nitrogens with one attached hydrogen (secondary N) is 4. The number of hydrogen-bond donors (Lipinski definition) is 4. The third-order valence-corrected chi connectivity index (χ3v) is 6.87. The second-order valence-electron chi connectivity index (χ2n) is 10.4. The maximum atomic E-state index is 12.9. The second kappa shape index (κ2) is 13.7. The molecule has 0 atom stereocenters. The number of para-hydroxylation sites is 1. The SMILES string of the molecule is [B]C([B])([B])NC(=O)c1nnc(NC(=O)C2CC2)cc1Nc1cccc(-c2cnn(CC(=O)NCC(CC)CC)n2)c1OC. The number of hydrogen-bond acceptors (Lipinski definition) is 9. The zero-order chi connectivity index (χ0) is 31.1. The third-order valence-electron chi connectivity index (χ3n) is 6.87. The summed E-state index contributed by atoms with van der Waals surface area (Å²) in [6.07, 6.45) is 5.09. The quantitative estimate of drug-likeness (QED) is 0.206. The summed E-state index contributed by atoms with van der Waals surface area (Å²) >= 11 is 0. The van der Waals surface area contributed by atoms with Crippen LogP contribution in [-0.4, -0.2) is 85.3 Å². The first-order chi connectivity index (χ1) is 20.5. The minimum Gasteiger partial charge on any atom is -0.494 e. The second-order valence-corrected chi connectivity index (χ2v) is 10.4. The molecule has 4 N–H and O–H groups in total. The van der Waals surface area contributed by atoms with Crippen molar-refractivity contribution >= 4 is 58.5 Å². The normalized spacial score (nSPS) is 12.9. The molecule has 1 saturated carbocycles. The minimum absolute atomic E-state index is 0.0398. The number of rotatable bonds is 14. The highest BCUT2D eigenvalue weighted by atomic mass is 16.5. The number of benzene rings is 1. The Kier molecular flexibility index (Phi) is 10.1. The van der Waals surface area contributed by atoms with E-state index in [0.29, 0.717) is 35.2 Å². The number of methoxy groups -OCH3 is 1. The Bertz CT molecular complexity index is 1470. The van der Waals surface area contributed by atoms with Gasteiger partial charge in [-0.3, -0.25) is 14.4 Å². The number of carbonyl (C=O) groups is 3. The molecule has 1 aromatic carbocycles. The Labute approximate surface area is 253 Å². The van der Waals surface area contributed by atoms with Crippen molar-refractivity contribution in [3.05, 3.63) is 36.2 Å². The van der Waals surface area contributed by atoms with E-state index in [1.165, 1.54) is 24.2 Å². The van der Waals surface area contributed by atoms with Gasteiger partial charge in [0.2, 0.25) is 11.8 Å². The van der Waals surface area contributed by atoms with Gasteiger partial charge < -0.3 is 26.0 Å². The Morgan fingerprint density at radius 2 is 1.86 bits per heavy atom. The van der Waals surface area contributed by atoms with Crippen molar-refractivity contribution in [2.24, 2.45) is 11.8 Å². The van der Waals surface area contributed by atoms with Crippen LogP contribution in [0, 0.1) is 11.8 Å². The highest BCUT2D eigenvalue weighted by Gasteiger charge is 2.30. The van der Waals surface area contributed by atoms with E-state index in [4.69, 9.17) is 28.3 Å². The number of ether oxygens (including phenoxy) is 1. The molecule has 1 aliphatic rings. The largest absolute Gasteiger partial charge is 0.494 e. The zero-order valence-electron chi connectivity index (χ0n) is 24.4. The summed E-state index contributed by atoms with van der Waals surface area (Å²) in [6, 6.07) is 6.69. The first kappa shape index (κ1) is 31.6. The lowest BCUT2D eigenvalue weighted by Crippen LogP contribution is -2.50. The number of anilines is 3. The molecule has 1 aliphatic carbocycles. The van der Waals surface area contributed by atoms with Gasteiger partial charge in [0.25, 0.3) is 5.91 Å². The van der Waals surface area contributed by atoms with Gasteiger partial charge in [0.15, 0.2) is 17.3 Å². The summed E-state index contributed by atoms with van der Waals surface area (Å²) in [5.74, 6) is -0.331. The molecule has 218 valence electrons. The van der Waals surface area contributed by atoms with E-state index in [1.54, 1.807) is 18.2 Å². The molecule has 3 amide bonds. The molecule has 13 nitrogen and oxygen atoms in total. The molecule has 4 rings (SSSR count). The summed E-state index contributed by atoms with van der Waals surface area (Å²) in [6.45, 7) is 4.74. The summed E-state index contributed by atoms with van der Waals surface area (Å²) in [5, 5.41) is 25.6. The van der Waals surface area contributed by atoms with Gasteiger partial charge in [-0.05, 0) is 30.9 Å². The van der Waals surface area contributed by atoms with E-state index in [1.807, 2.05) is 0 Å². The molecule has 43 heavy (non-hydrogen) atoms. The fraction of sp³-hybridized carbons (Fsp3) is 0.444. The summed E-state index contributed by atoms with van der Waals surface area (Å²) in [5.41, 5.74) is 1.43. The highest BCUT2D eigenvalue weighted by Crippen LogP contribution is 2.38. The lowest BCUT2D eigenvalue weighted by atomic mass is 9.49. The smallest absolute Gasteiger partial charge is 0.272 e. The molecular weight excluding hydrogens is 547 g/mol. The molecule has 1 fully saturated rings. The van der Waals surface area contributed by atoms with E-state index in [0.717, 1.165) is 25.7 Å². The topological polar surface area (TPSA) is 165 Å². The number of amides is 3. The molecule has 6 radical (unpaired) electrons. The van der Waals surface area contributed by atoms with E-state index in [-0.39, 0.29) is 41.5 Å². The molecule has 0 unspecified atom stereocenters. The number of nitrogens with zero attached hydrogens (tertiary/aromatic N) is 5. The Morgan fingerprint density at radius 1 is 1.12 bits per heavy atom. The zero-order valence-corrected chi connectivity index (χ0v) is 24.4. The van der Waals surface area contributed by atoms with E-state index >= 15 is 0 Å². The van der Waals surface area contributed by atoms with Crippen LogP contribution in [0.2, 0.25) is 0 Å². The van der Waals surface area contributed by atoms with Crippen molar-refractivity contribution in [2.75, 3.05) is 24.3 Å². The van der Waals surface area contributed by atoms with Gasteiger partial charge >= 0.3 is 0 Å². The molecule has 0 spiro atoms. The Hall–Kier alpha value is -4.36. The van der Waals surface area contributed by atoms with E-state index < -0.39 is 11.1 Å². The molecule has 3 aromatic rings. The first-order valence-corrected chi connectivity index (χ1v) is 14.0. The lowest BCUT2D eigenvalue weighted by Gasteiger charge is -2.23. The summed E-state index contributed by atoms with van der Waals surface area (Å²) < 4.78 is 5.71. The van der Waals surface area contributed by atoms with Gasteiger partial charge in [-0.2, -0.15) is 15.0 Å². The molecule has 16 heteroatoms. The standard InChI is InChI=1S/C27H32B3N9O4/c1-4-15(5-2)12-31-22(40)14-39-32-13-20(38-39)17-7-6-8-18(24(17)43-3)33-19-11-21(34-25(41)16-9-10-16)36-37-23(19)26(42)35-27(28,29)30/h6-8,11,13,15-16H,4-5,9-10,12,14H2,1-3H3,(H,31,40)(H,35,42)(H2,33,34,36,41). The highest BCUT2D eigenvalue weighted by molar-refractivity contribution is 6.60. The van der Waals surface area contributed by atoms with E-state index in [9.17, 15) is 14.4 Å². The van der Waals surface area contributed by atoms with Crippen molar-refractivity contribution in [2.45, 2.75) is 51.3 Å². The fourth-order valence-electron chi connectivity index (χ4n) is 4.26. The first-order valence-electron chi connectivity index (χ1n) is 14.0. The Balaban J connectivity index is 1.59. The predicted octanol–water partition coefficient (Wildman–Crippen LogP) is 1.23. The van der Waals surface area contributed by atoms with Crippen LogP contribution < -0.4 is 26.0 Å². The van der Waals surface area contributed by atoms with E-state index in [2.05, 4.69) is 55.5 Å². The van der Waals surface area contributed by atoms with Crippen LogP contribution in [0.25, 0.3) is 11.3 Å². The molecular formula is C27H32B3N9O4. The lowest BCUT2D eigenvalue weighted by molar-refractivity contribution is -0.122. The van der Waals surface area contributed by atoms with Crippen molar-refractivity contribution in [3.63, 3.8) is 0 Å². The van der Waals surface area contributed by atoms with Crippen LogP contribution in [0.5, 0.6) is 5.75 Å². The number of aromatic nitrogens is 5. The fourth-order valence-corrected chi connectivity index (χ4v) is 4.26. The van der Waals surface area contributed by atoms with Crippen molar-refractivity contribution < 1.29 is 19.1 Å². The van der Waals surface area contributed by atoms with Gasteiger partial charge in [0.05, 0.1) is 48.2 Å². The third kappa shape index (κ3) is 8.58. The Morgan fingerprint density at radius 3 is 2.51 bits per heavy atom. The van der Waals surface area contributed by atoms with Gasteiger partial charge in [0, 0.05) is 24.1 Å². The van der Waals surface area contributed by atoms with Gasteiger partial charge in [-0.15, -0.1) is 10.2 Å². The molecule has 0 aliphatic heterocycles. The molecule has 0 saturated heterocycles. The molecule has 0 bridgehead atoms. The summed E-state index contributed by atoms with van der Waals surface area (Å²) in [7, 11) is 18.1. The summed E-state index contributed by atoms with van der Waals surface area (Å²) in [4.78, 5) is 39.0. The maximum absolute atomic E-state index is 12.9. The molecule has 2 aromatic heterocycles. The van der Waals surface area contributed by atoms with Crippen LogP contribution >= 0.6 is 0 Å². The van der Waals surface area contributed by atoms with Gasteiger partial charge in [0.1, 0.15) is 12.2 Å².